The van der Waals surface area contributed by atoms with E-state index < -0.39 is 11.4 Å². The van der Waals surface area contributed by atoms with Crippen molar-refractivity contribution in [2.75, 3.05) is 50.2 Å². The van der Waals surface area contributed by atoms with Crippen molar-refractivity contribution in [3.63, 3.8) is 0 Å². The zero-order chi connectivity index (χ0) is 28.0. The predicted molar refractivity (Wildman–Crippen MR) is 147 cm³/mol. The molecule has 4 aromatic rings. The number of methoxy groups -OCH3 is 2. The number of hydrogen-bond donors (Lipinski definition) is 1. The molecule has 11 heteroatoms. The average molecular weight is 542 g/mol. The molecule has 0 unspecified atom stereocenters. The molecule has 0 amide bonds. The van der Waals surface area contributed by atoms with Crippen molar-refractivity contribution in [1.29, 1.82) is 5.26 Å². The first kappa shape index (κ1) is 25.6. The van der Waals surface area contributed by atoms with Gasteiger partial charge in [-0.15, -0.1) is 0 Å². The summed E-state index contributed by atoms with van der Waals surface area (Å²) in [5.41, 5.74) is 3.04. The van der Waals surface area contributed by atoms with Gasteiger partial charge >= 0.3 is 5.97 Å². The van der Waals surface area contributed by atoms with Crippen molar-refractivity contribution in [3.8, 4) is 23.0 Å². The van der Waals surface area contributed by atoms with Gasteiger partial charge in [0.05, 0.1) is 42.2 Å². The van der Waals surface area contributed by atoms with Gasteiger partial charge in [-0.2, -0.15) is 10.2 Å². The SMILES string of the molecule is COC1CN(c2nc3ccc(-n4cc(C(=O)O)c(=O)cc4-c4ccc(N5CC[C@@H](OC)C5)c(C#N)c4)cc3o2)C1. The minimum absolute atomic E-state index is 0.106. The number of ether oxygens (including phenoxy) is 2. The molecular formula is C29H27N5O6. The number of hydrogen-bond acceptors (Lipinski definition) is 9. The molecule has 2 saturated heterocycles. The lowest BCUT2D eigenvalue weighted by Crippen LogP contribution is -2.52. The fourth-order valence-corrected chi connectivity index (χ4v) is 5.26. The van der Waals surface area contributed by atoms with Gasteiger partial charge in [-0.25, -0.2) is 4.79 Å². The Morgan fingerprint density at radius 3 is 2.55 bits per heavy atom. The van der Waals surface area contributed by atoms with Crippen molar-refractivity contribution in [2.24, 2.45) is 0 Å². The lowest BCUT2D eigenvalue weighted by molar-refractivity contribution is 0.0694. The second-order valence-electron chi connectivity index (χ2n) is 9.96. The molecule has 1 N–H and O–H groups in total. The van der Waals surface area contributed by atoms with Crippen LogP contribution in [-0.2, 0) is 9.47 Å². The Morgan fingerprint density at radius 2 is 1.85 bits per heavy atom. The first-order valence-electron chi connectivity index (χ1n) is 12.9. The summed E-state index contributed by atoms with van der Waals surface area (Å²) in [6, 6.07) is 14.8. The zero-order valence-corrected chi connectivity index (χ0v) is 22.0. The molecule has 0 spiro atoms. The van der Waals surface area contributed by atoms with Gasteiger partial charge in [-0.05, 0) is 30.7 Å². The highest BCUT2D eigenvalue weighted by Crippen LogP contribution is 2.32. The van der Waals surface area contributed by atoms with Crippen LogP contribution in [0, 0.1) is 11.3 Å². The minimum Gasteiger partial charge on any atom is -0.477 e. The van der Waals surface area contributed by atoms with E-state index in [-0.39, 0.29) is 17.8 Å². The van der Waals surface area contributed by atoms with Gasteiger partial charge in [0.2, 0.25) is 0 Å². The summed E-state index contributed by atoms with van der Waals surface area (Å²) in [5, 5.41) is 19.6. The lowest BCUT2D eigenvalue weighted by Gasteiger charge is -2.36. The van der Waals surface area contributed by atoms with Gasteiger partial charge in [0, 0.05) is 56.9 Å². The van der Waals surface area contributed by atoms with Gasteiger partial charge in [-0.1, -0.05) is 6.07 Å². The number of benzene rings is 2. The maximum absolute atomic E-state index is 12.8. The Bertz CT molecular complexity index is 1710. The van der Waals surface area contributed by atoms with Crippen LogP contribution >= 0.6 is 0 Å². The van der Waals surface area contributed by atoms with Crippen LogP contribution in [-0.4, -0.2) is 73.2 Å². The largest absolute Gasteiger partial charge is 0.477 e. The molecule has 40 heavy (non-hydrogen) atoms. The molecule has 2 aliphatic heterocycles. The number of nitrogens with zero attached hydrogens (tertiary/aromatic N) is 5. The molecular weight excluding hydrogens is 514 g/mol. The average Bonchev–Trinajstić information content (AvgIpc) is 3.58. The second kappa shape index (κ2) is 10.1. The van der Waals surface area contributed by atoms with Crippen LogP contribution < -0.4 is 15.2 Å². The molecule has 0 aliphatic carbocycles. The Labute approximate surface area is 229 Å². The van der Waals surface area contributed by atoms with Crippen LogP contribution in [0.25, 0.3) is 28.0 Å². The monoisotopic (exact) mass is 541 g/mol. The van der Waals surface area contributed by atoms with Crippen molar-refractivity contribution >= 4 is 28.8 Å². The Kier molecular flexibility index (Phi) is 6.50. The van der Waals surface area contributed by atoms with Crippen molar-refractivity contribution in [2.45, 2.75) is 18.6 Å². The number of carboxylic acid groups (broad SMARTS) is 1. The quantitative estimate of drug-likeness (QED) is 0.371. The van der Waals surface area contributed by atoms with E-state index in [0.29, 0.717) is 59.3 Å². The van der Waals surface area contributed by atoms with Crippen LogP contribution in [0.3, 0.4) is 0 Å². The van der Waals surface area contributed by atoms with Gasteiger partial charge in [0.15, 0.2) is 11.0 Å². The summed E-state index contributed by atoms with van der Waals surface area (Å²) in [5.74, 6) is -1.33. The number of anilines is 2. The number of pyridine rings is 1. The maximum atomic E-state index is 12.8. The summed E-state index contributed by atoms with van der Waals surface area (Å²) < 4.78 is 18.4. The number of aromatic carboxylic acids is 1. The fourth-order valence-electron chi connectivity index (χ4n) is 5.26. The number of carbonyl (C=O) groups is 1. The second-order valence-corrected chi connectivity index (χ2v) is 9.96. The molecule has 11 nitrogen and oxygen atoms in total. The normalized spacial score (nSPS) is 17.3. The van der Waals surface area contributed by atoms with E-state index in [4.69, 9.17) is 13.9 Å². The predicted octanol–water partition coefficient (Wildman–Crippen LogP) is 3.28. The smallest absolute Gasteiger partial charge is 0.341 e. The fraction of sp³-hybridized carbons (Fsp3) is 0.310. The zero-order valence-electron chi connectivity index (χ0n) is 22.0. The summed E-state index contributed by atoms with van der Waals surface area (Å²) in [4.78, 5) is 33.3. The molecule has 2 fully saturated rings. The Hall–Kier alpha value is -4.66. The van der Waals surface area contributed by atoms with Gasteiger partial charge in [0.25, 0.3) is 6.01 Å². The topological polar surface area (TPSA) is 134 Å². The van der Waals surface area contributed by atoms with E-state index in [9.17, 15) is 20.0 Å². The standard InChI is InChI=1S/C29H27N5O6/c1-38-20-7-8-32(13-20)24-6-3-17(9-18(24)12-30)25-11-26(35)22(28(36)37)16-34(25)19-4-5-23-27(10-19)40-29(31-23)33-14-21(15-33)39-2/h3-6,9-11,16,20-21H,7-8,13-15H2,1-2H3,(H,36,37)/t20-/m1/s1. The first-order chi connectivity index (χ1) is 19.4. The summed E-state index contributed by atoms with van der Waals surface area (Å²) in [7, 11) is 3.35. The van der Waals surface area contributed by atoms with Gasteiger partial charge in [-0.3, -0.25) is 4.79 Å². The van der Waals surface area contributed by atoms with Crippen molar-refractivity contribution in [3.05, 3.63) is 70.0 Å². The van der Waals surface area contributed by atoms with E-state index in [1.54, 1.807) is 43.1 Å². The summed E-state index contributed by atoms with van der Waals surface area (Å²) in [6.07, 6.45) is 2.42. The van der Waals surface area contributed by atoms with Crippen LogP contribution in [0.2, 0.25) is 0 Å². The van der Waals surface area contributed by atoms with Gasteiger partial charge in [0.1, 0.15) is 17.1 Å². The lowest BCUT2D eigenvalue weighted by atomic mass is 10.0. The minimum atomic E-state index is -1.33. The number of fused-ring (bicyclic) bond motifs is 1. The van der Waals surface area contributed by atoms with E-state index in [1.807, 2.05) is 17.0 Å². The highest BCUT2D eigenvalue weighted by molar-refractivity contribution is 5.88. The number of rotatable bonds is 7. The van der Waals surface area contributed by atoms with E-state index >= 15 is 0 Å². The Morgan fingerprint density at radius 1 is 1.07 bits per heavy atom. The Balaban J connectivity index is 1.42. The number of aromatic nitrogens is 2. The number of carboxylic acids is 1. The van der Waals surface area contributed by atoms with E-state index in [2.05, 4.69) is 16.0 Å². The third-order valence-electron chi connectivity index (χ3n) is 7.60. The molecule has 2 aromatic carbocycles. The van der Waals surface area contributed by atoms with Crippen LogP contribution in [0.15, 0.2) is 57.9 Å². The molecule has 6 rings (SSSR count). The van der Waals surface area contributed by atoms with Gasteiger partial charge < -0.3 is 33.4 Å². The van der Waals surface area contributed by atoms with E-state index in [0.717, 1.165) is 18.7 Å². The number of oxazole rings is 1. The van der Waals surface area contributed by atoms with Crippen molar-refractivity contribution < 1.29 is 23.8 Å². The first-order valence-corrected chi connectivity index (χ1v) is 12.9. The molecule has 0 bridgehead atoms. The summed E-state index contributed by atoms with van der Waals surface area (Å²) in [6.45, 7) is 2.82. The van der Waals surface area contributed by atoms with Crippen molar-refractivity contribution in [1.82, 2.24) is 9.55 Å². The molecule has 2 aliphatic rings. The molecule has 0 radical (unpaired) electrons. The van der Waals surface area contributed by atoms with Crippen LogP contribution in [0.5, 0.6) is 0 Å². The van der Waals surface area contributed by atoms with Crippen LogP contribution in [0.4, 0.5) is 11.7 Å². The highest BCUT2D eigenvalue weighted by atomic mass is 16.5. The van der Waals surface area contributed by atoms with E-state index in [1.165, 1.54) is 12.3 Å². The molecule has 204 valence electrons. The molecule has 4 heterocycles. The molecule has 0 saturated carbocycles. The number of nitriles is 1. The maximum Gasteiger partial charge on any atom is 0.341 e. The third-order valence-corrected chi connectivity index (χ3v) is 7.60. The third kappa shape index (κ3) is 4.47. The highest BCUT2D eigenvalue weighted by Gasteiger charge is 2.30. The molecule has 2 aromatic heterocycles. The summed E-state index contributed by atoms with van der Waals surface area (Å²) >= 11 is 0. The van der Waals surface area contributed by atoms with Crippen LogP contribution in [0.1, 0.15) is 22.3 Å². The molecule has 1 atom stereocenters.